The summed E-state index contributed by atoms with van der Waals surface area (Å²) in [6, 6.07) is 18.2. The lowest BCUT2D eigenvalue weighted by Gasteiger charge is -2.43. The van der Waals surface area contributed by atoms with Crippen molar-refractivity contribution < 1.29 is 32.2 Å². The zero-order valence-corrected chi connectivity index (χ0v) is 22.5. The number of nitrogens with one attached hydrogen (secondary N) is 1. The first-order chi connectivity index (χ1) is 18.8. The second kappa shape index (κ2) is 10.1. The molecule has 1 aliphatic heterocycles. The van der Waals surface area contributed by atoms with Gasteiger partial charge in [-0.1, -0.05) is 54.6 Å². The molecular weight excluding hydrogens is 523 g/mol. The van der Waals surface area contributed by atoms with Gasteiger partial charge < -0.3 is 14.8 Å². The Morgan fingerprint density at radius 2 is 1.73 bits per heavy atom. The molecule has 0 unspecified atom stereocenters. The molecule has 1 N–H and O–H groups in total. The summed E-state index contributed by atoms with van der Waals surface area (Å²) in [7, 11) is 0. The van der Waals surface area contributed by atoms with Gasteiger partial charge in [-0.2, -0.15) is 13.2 Å². The Kier molecular flexibility index (Phi) is 6.97. The number of pyridine rings is 1. The molecule has 0 bridgehead atoms. The number of anilines is 1. The van der Waals surface area contributed by atoms with Crippen LogP contribution in [-0.4, -0.2) is 41.9 Å². The highest BCUT2D eigenvalue weighted by Crippen LogP contribution is 2.44. The van der Waals surface area contributed by atoms with Gasteiger partial charge >= 0.3 is 12.3 Å². The Morgan fingerprint density at radius 3 is 2.30 bits per heavy atom. The van der Waals surface area contributed by atoms with Gasteiger partial charge in [-0.15, -0.1) is 0 Å². The first kappa shape index (κ1) is 27.5. The number of hydrogen-bond acceptors (Lipinski definition) is 5. The van der Waals surface area contributed by atoms with Crippen LogP contribution in [-0.2, 0) is 15.1 Å². The van der Waals surface area contributed by atoms with E-state index < -0.39 is 42.5 Å². The molecule has 2 heterocycles. The number of fused-ring (bicyclic) bond motifs is 1. The van der Waals surface area contributed by atoms with Crippen LogP contribution in [0.15, 0.2) is 60.7 Å². The number of rotatable bonds is 5. The van der Waals surface area contributed by atoms with Crippen molar-refractivity contribution in [1.29, 1.82) is 0 Å². The van der Waals surface area contributed by atoms with Crippen molar-refractivity contribution in [2.45, 2.75) is 57.3 Å². The Balaban J connectivity index is 1.53. The summed E-state index contributed by atoms with van der Waals surface area (Å²) in [5.74, 6) is -0.823. The predicted molar refractivity (Wildman–Crippen MR) is 144 cm³/mol. The van der Waals surface area contributed by atoms with Crippen molar-refractivity contribution in [1.82, 2.24) is 10.3 Å². The van der Waals surface area contributed by atoms with Gasteiger partial charge in [0, 0.05) is 11.1 Å². The molecule has 0 spiro atoms. The van der Waals surface area contributed by atoms with Gasteiger partial charge in [0.05, 0.1) is 11.2 Å². The first-order valence-corrected chi connectivity index (χ1v) is 13.1. The van der Waals surface area contributed by atoms with Crippen LogP contribution in [0.2, 0.25) is 0 Å². The molecule has 0 atom stereocenters. The van der Waals surface area contributed by atoms with E-state index in [1.807, 2.05) is 75.4 Å². The van der Waals surface area contributed by atoms with E-state index in [1.165, 1.54) is 6.07 Å². The number of carbonyl (C=O) groups is 2. The fourth-order valence-corrected chi connectivity index (χ4v) is 5.00. The number of halogens is 3. The topological polar surface area (TPSA) is 80.8 Å². The minimum Gasteiger partial charge on any atom is -0.466 e. The van der Waals surface area contributed by atoms with Crippen molar-refractivity contribution in [3.63, 3.8) is 0 Å². The van der Waals surface area contributed by atoms with Crippen LogP contribution < -0.4 is 15.0 Å². The maximum absolute atomic E-state index is 13.3. The zero-order valence-electron chi connectivity index (χ0n) is 22.5. The monoisotopic (exact) mass is 553 g/mol. The van der Waals surface area contributed by atoms with E-state index >= 15 is 0 Å². The number of aromatic nitrogens is 1. The van der Waals surface area contributed by atoms with Crippen molar-refractivity contribution in [2.75, 3.05) is 18.1 Å². The normalized spacial score (nSPS) is 16.4. The number of alkyl carbamates (subject to hydrolysis) is 1. The van der Waals surface area contributed by atoms with Gasteiger partial charge in [0.25, 0.3) is 5.91 Å². The van der Waals surface area contributed by atoms with Crippen LogP contribution in [0.3, 0.4) is 0 Å². The minimum atomic E-state index is -4.59. The van der Waals surface area contributed by atoms with Gasteiger partial charge in [0.1, 0.15) is 17.8 Å². The van der Waals surface area contributed by atoms with Crippen LogP contribution in [0.25, 0.3) is 22.4 Å². The largest absolute Gasteiger partial charge is 0.466 e. The van der Waals surface area contributed by atoms with E-state index in [9.17, 15) is 22.8 Å². The maximum Gasteiger partial charge on any atom is 0.408 e. The Morgan fingerprint density at radius 1 is 1.05 bits per heavy atom. The van der Waals surface area contributed by atoms with Crippen LogP contribution in [0.5, 0.6) is 5.88 Å². The third kappa shape index (κ3) is 5.76. The molecule has 1 aromatic heterocycles. The number of alkyl halides is 3. The van der Waals surface area contributed by atoms with E-state index in [4.69, 9.17) is 9.47 Å². The fourth-order valence-electron chi connectivity index (χ4n) is 5.00. The van der Waals surface area contributed by atoms with Gasteiger partial charge in [-0.05, 0) is 57.2 Å². The fraction of sp³-hybridized carbons (Fsp3) is 0.367. The van der Waals surface area contributed by atoms with E-state index in [2.05, 4.69) is 10.3 Å². The molecule has 1 fully saturated rings. The van der Waals surface area contributed by atoms with Gasteiger partial charge in [-0.3, -0.25) is 9.69 Å². The highest BCUT2D eigenvalue weighted by Gasteiger charge is 2.41. The van der Waals surface area contributed by atoms with Crippen molar-refractivity contribution in [2.24, 2.45) is 0 Å². The van der Waals surface area contributed by atoms with Crippen LogP contribution in [0, 0.1) is 0 Å². The van der Waals surface area contributed by atoms with Gasteiger partial charge in [0.15, 0.2) is 6.61 Å². The molecule has 0 radical (unpaired) electrons. The molecule has 2 aliphatic rings. The second-order valence-electron chi connectivity index (χ2n) is 11.1. The van der Waals surface area contributed by atoms with E-state index in [1.54, 1.807) is 0 Å². The molecule has 210 valence electrons. The SMILES string of the molecule is CC(C)(C)OC(=O)NC1(c2ccc(-c3nc4c(cc3-c3ccccc3)N(CC(F)(F)F)C(=O)CO4)cc2)CCC1. The number of benzene rings is 2. The highest BCUT2D eigenvalue weighted by atomic mass is 19.4. The summed E-state index contributed by atoms with van der Waals surface area (Å²) in [6.07, 6.45) is -2.55. The Hall–Kier alpha value is -4.08. The number of ether oxygens (including phenoxy) is 2. The number of hydrogen-bond donors (Lipinski definition) is 1. The molecule has 40 heavy (non-hydrogen) atoms. The van der Waals surface area contributed by atoms with Gasteiger partial charge in [-0.25, -0.2) is 9.78 Å². The summed E-state index contributed by atoms with van der Waals surface area (Å²) < 4.78 is 50.9. The molecule has 1 aliphatic carbocycles. The lowest BCUT2D eigenvalue weighted by Crippen LogP contribution is -2.52. The van der Waals surface area contributed by atoms with Crippen molar-refractivity contribution >= 4 is 17.7 Å². The minimum absolute atomic E-state index is 0.0252. The Labute approximate surface area is 230 Å². The van der Waals surface area contributed by atoms with E-state index in [0.29, 0.717) is 21.7 Å². The number of amides is 2. The highest BCUT2D eigenvalue weighted by molar-refractivity contribution is 5.99. The van der Waals surface area contributed by atoms with Crippen LogP contribution in [0.1, 0.15) is 45.6 Å². The molecule has 2 aromatic carbocycles. The molecular formula is C30H30F3N3O4. The van der Waals surface area contributed by atoms with Crippen molar-refractivity contribution in [3.05, 3.63) is 66.2 Å². The summed E-state index contributed by atoms with van der Waals surface area (Å²) in [4.78, 5) is 30.2. The second-order valence-corrected chi connectivity index (χ2v) is 11.1. The zero-order chi connectivity index (χ0) is 28.7. The van der Waals surface area contributed by atoms with Gasteiger partial charge in [0.2, 0.25) is 5.88 Å². The summed E-state index contributed by atoms with van der Waals surface area (Å²) in [6.45, 7) is 3.48. The molecule has 10 heteroatoms. The summed E-state index contributed by atoms with van der Waals surface area (Å²) in [5, 5.41) is 3.04. The number of nitrogens with zero attached hydrogens (tertiary/aromatic N) is 2. The third-order valence-corrected chi connectivity index (χ3v) is 6.97. The lowest BCUT2D eigenvalue weighted by atomic mass is 9.71. The molecule has 0 saturated heterocycles. The molecule has 7 nitrogen and oxygen atoms in total. The quantitative estimate of drug-likeness (QED) is 0.385. The predicted octanol–water partition coefficient (Wildman–Crippen LogP) is 6.61. The average molecular weight is 554 g/mol. The average Bonchev–Trinajstić information content (AvgIpc) is 2.86. The first-order valence-electron chi connectivity index (χ1n) is 13.1. The standard InChI is InChI=1S/C30H30F3N3O4/c1-28(2,3)40-27(38)35-29(14-7-15-29)21-12-10-20(11-13-21)25-22(19-8-5-4-6-9-19)16-23-26(34-25)39-17-24(37)36(23)18-30(31,32)33/h4-6,8-13,16H,7,14-15,17-18H2,1-3H3,(H,35,38). The molecule has 2 amide bonds. The summed E-state index contributed by atoms with van der Waals surface area (Å²) >= 11 is 0. The molecule has 1 saturated carbocycles. The maximum atomic E-state index is 13.3. The molecule has 5 rings (SSSR count). The lowest BCUT2D eigenvalue weighted by molar-refractivity contribution is -0.134. The smallest absolute Gasteiger partial charge is 0.408 e. The van der Waals surface area contributed by atoms with E-state index in [0.717, 1.165) is 30.4 Å². The summed E-state index contributed by atoms with van der Waals surface area (Å²) in [5.41, 5.74) is 2.24. The third-order valence-electron chi connectivity index (χ3n) is 6.97. The van der Waals surface area contributed by atoms with Crippen LogP contribution in [0.4, 0.5) is 23.7 Å². The Bertz CT molecular complexity index is 1410. The molecule has 3 aromatic rings. The van der Waals surface area contributed by atoms with Crippen molar-refractivity contribution in [3.8, 4) is 28.3 Å². The van der Waals surface area contributed by atoms with E-state index in [-0.39, 0.29) is 11.6 Å². The number of carbonyl (C=O) groups excluding carboxylic acids is 2. The van der Waals surface area contributed by atoms with Crippen LogP contribution >= 0.6 is 0 Å².